The van der Waals surface area contributed by atoms with Gasteiger partial charge in [-0.1, -0.05) is 12.1 Å². The SMILES string of the molecule is N#CCn1c(=O)n(-c2ccc(C#N)nc2)c2c3nc(-c4cccnc4)ccc3ccc21. The van der Waals surface area contributed by atoms with Crippen molar-refractivity contribution in [1.29, 1.82) is 10.5 Å². The summed E-state index contributed by atoms with van der Waals surface area (Å²) < 4.78 is 2.90. The van der Waals surface area contributed by atoms with E-state index in [1.165, 1.54) is 15.3 Å². The van der Waals surface area contributed by atoms with E-state index >= 15 is 0 Å². The van der Waals surface area contributed by atoms with E-state index in [0.29, 0.717) is 22.2 Å². The lowest BCUT2D eigenvalue weighted by molar-refractivity contribution is 0.787. The first-order valence-corrected chi connectivity index (χ1v) is 9.40. The van der Waals surface area contributed by atoms with Crippen molar-refractivity contribution in [3.63, 3.8) is 0 Å². The van der Waals surface area contributed by atoms with E-state index in [0.717, 1.165) is 16.6 Å². The smallest absolute Gasteiger partial charge is 0.278 e. The normalized spacial score (nSPS) is 10.8. The van der Waals surface area contributed by atoms with Crippen molar-refractivity contribution in [3.05, 3.63) is 83.3 Å². The molecule has 0 spiro atoms. The summed E-state index contributed by atoms with van der Waals surface area (Å²) in [7, 11) is 0. The second kappa shape index (κ2) is 7.21. The van der Waals surface area contributed by atoms with Gasteiger partial charge in [-0.05, 0) is 36.4 Å². The number of benzene rings is 1. The lowest BCUT2D eigenvalue weighted by Crippen LogP contribution is -2.23. The van der Waals surface area contributed by atoms with Crippen molar-refractivity contribution in [2.75, 3.05) is 0 Å². The molecule has 31 heavy (non-hydrogen) atoms. The van der Waals surface area contributed by atoms with E-state index in [1.54, 1.807) is 24.5 Å². The Labute approximate surface area is 175 Å². The Morgan fingerprint density at radius 1 is 1.00 bits per heavy atom. The number of nitriles is 2. The summed E-state index contributed by atoms with van der Waals surface area (Å²) in [5.74, 6) is 0. The zero-order chi connectivity index (χ0) is 21.4. The first kappa shape index (κ1) is 18.2. The number of imidazole rings is 1. The van der Waals surface area contributed by atoms with Gasteiger partial charge in [-0.3, -0.25) is 14.1 Å². The summed E-state index contributed by atoms with van der Waals surface area (Å²) in [5, 5.41) is 19.2. The highest BCUT2D eigenvalue weighted by molar-refractivity contribution is 6.03. The van der Waals surface area contributed by atoms with Crippen molar-refractivity contribution in [3.8, 4) is 29.1 Å². The van der Waals surface area contributed by atoms with Gasteiger partial charge in [0.15, 0.2) is 0 Å². The number of hydrogen-bond donors (Lipinski definition) is 0. The van der Waals surface area contributed by atoms with Crippen LogP contribution < -0.4 is 5.69 Å². The highest BCUT2D eigenvalue weighted by Gasteiger charge is 2.18. The van der Waals surface area contributed by atoms with Crippen molar-refractivity contribution < 1.29 is 0 Å². The van der Waals surface area contributed by atoms with Gasteiger partial charge in [-0.25, -0.2) is 14.8 Å². The van der Waals surface area contributed by atoms with Gasteiger partial charge in [0.25, 0.3) is 0 Å². The quantitative estimate of drug-likeness (QED) is 0.457. The predicted octanol–water partition coefficient (Wildman–Crippen LogP) is 3.19. The number of pyridine rings is 3. The fraction of sp³-hybridized carbons (Fsp3) is 0.0435. The molecule has 0 bridgehead atoms. The Morgan fingerprint density at radius 2 is 1.87 bits per heavy atom. The number of rotatable bonds is 3. The molecule has 5 aromatic rings. The maximum absolute atomic E-state index is 13.3. The van der Waals surface area contributed by atoms with Crippen molar-refractivity contribution in [1.82, 2.24) is 24.1 Å². The van der Waals surface area contributed by atoms with Crippen LogP contribution in [0.2, 0.25) is 0 Å². The Hall–Kier alpha value is -4.82. The van der Waals surface area contributed by atoms with Gasteiger partial charge in [0, 0.05) is 23.3 Å². The average molecular weight is 403 g/mol. The molecule has 8 heteroatoms. The van der Waals surface area contributed by atoms with Crippen LogP contribution in [0.3, 0.4) is 0 Å². The maximum Gasteiger partial charge on any atom is 0.334 e. The molecule has 0 aliphatic rings. The summed E-state index contributed by atoms with van der Waals surface area (Å²) in [6, 6.07) is 18.5. The topological polar surface area (TPSA) is 113 Å². The van der Waals surface area contributed by atoms with Gasteiger partial charge < -0.3 is 0 Å². The third kappa shape index (κ3) is 2.91. The van der Waals surface area contributed by atoms with Crippen molar-refractivity contribution >= 4 is 21.9 Å². The Balaban J connectivity index is 1.89. The lowest BCUT2D eigenvalue weighted by Gasteiger charge is -2.07. The molecule has 0 atom stereocenters. The van der Waals surface area contributed by atoms with Crippen LogP contribution in [0.1, 0.15) is 5.69 Å². The molecule has 4 aromatic heterocycles. The maximum atomic E-state index is 13.3. The standard InChI is InChI=1S/C23H13N7O/c24-9-11-29-20-8-4-15-3-7-19(16-2-1-10-26-13-16)28-21(15)22(20)30(23(29)31)18-6-5-17(12-25)27-14-18/h1-8,10,13-14H,11H2. The average Bonchev–Trinajstić information content (AvgIpc) is 3.11. The van der Waals surface area contributed by atoms with Crippen LogP contribution in [0.5, 0.6) is 0 Å². The highest BCUT2D eigenvalue weighted by atomic mass is 16.1. The van der Waals surface area contributed by atoms with Crippen LogP contribution in [0.25, 0.3) is 38.9 Å². The Kier molecular flexibility index (Phi) is 4.24. The minimum Gasteiger partial charge on any atom is -0.278 e. The summed E-state index contributed by atoms with van der Waals surface area (Å²) in [5.41, 5.74) is 3.74. The molecule has 1 aromatic carbocycles. The van der Waals surface area contributed by atoms with Crippen LogP contribution in [-0.4, -0.2) is 24.1 Å². The van der Waals surface area contributed by atoms with Gasteiger partial charge in [-0.15, -0.1) is 0 Å². The van der Waals surface area contributed by atoms with Crippen molar-refractivity contribution in [2.45, 2.75) is 6.54 Å². The summed E-state index contributed by atoms with van der Waals surface area (Å²) in [6.45, 7) is -0.0974. The van der Waals surface area contributed by atoms with Gasteiger partial charge in [-0.2, -0.15) is 10.5 Å². The predicted molar refractivity (Wildman–Crippen MR) is 114 cm³/mol. The van der Waals surface area contributed by atoms with E-state index in [1.807, 2.05) is 48.5 Å². The first-order valence-electron chi connectivity index (χ1n) is 9.40. The van der Waals surface area contributed by atoms with Gasteiger partial charge in [0.1, 0.15) is 23.8 Å². The van der Waals surface area contributed by atoms with Crippen molar-refractivity contribution in [2.24, 2.45) is 0 Å². The number of fused-ring (bicyclic) bond motifs is 3. The van der Waals surface area contributed by atoms with Gasteiger partial charge in [0.2, 0.25) is 0 Å². The summed E-state index contributed by atoms with van der Waals surface area (Å²) in [4.78, 5) is 26.4. The van der Waals surface area contributed by atoms with Crippen LogP contribution >= 0.6 is 0 Å². The Bertz CT molecular complexity index is 1580. The third-order valence-electron chi connectivity index (χ3n) is 5.06. The number of hydrogen-bond acceptors (Lipinski definition) is 6. The minimum atomic E-state index is -0.371. The van der Waals surface area contributed by atoms with Gasteiger partial charge in [0.05, 0.1) is 34.7 Å². The molecule has 0 N–H and O–H groups in total. The molecule has 8 nitrogen and oxygen atoms in total. The third-order valence-corrected chi connectivity index (χ3v) is 5.06. The lowest BCUT2D eigenvalue weighted by atomic mass is 10.1. The van der Waals surface area contributed by atoms with E-state index in [9.17, 15) is 10.1 Å². The molecule has 0 saturated heterocycles. The highest BCUT2D eigenvalue weighted by Crippen LogP contribution is 2.28. The minimum absolute atomic E-state index is 0.0974. The number of nitrogens with zero attached hydrogens (tertiary/aromatic N) is 7. The molecule has 4 heterocycles. The summed E-state index contributed by atoms with van der Waals surface area (Å²) >= 11 is 0. The molecular weight excluding hydrogens is 390 g/mol. The second-order valence-corrected chi connectivity index (χ2v) is 6.82. The molecular formula is C23H13N7O. The molecule has 0 unspecified atom stereocenters. The Morgan fingerprint density at radius 3 is 2.58 bits per heavy atom. The largest absolute Gasteiger partial charge is 0.334 e. The molecule has 0 aliphatic carbocycles. The van der Waals surface area contributed by atoms with E-state index in [-0.39, 0.29) is 17.9 Å². The van der Waals surface area contributed by atoms with Crippen LogP contribution in [0.15, 0.2) is 71.9 Å². The fourth-order valence-corrected chi connectivity index (χ4v) is 3.64. The number of aromatic nitrogens is 5. The van der Waals surface area contributed by atoms with Crippen LogP contribution in [0, 0.1) is 22.7 Å². The molecule has 5 rings (SSSR count). The van der Waals surface area contributed by atoms with E-state index < -0.39 is 0 Å². The van der Waals surface area contributed by atoms with Crippen LogP contribution in [0.4, 0.5) is 0 Å². The molecule has 0 fully saturated rings. The van der Waals surface area contributed by atoms with E-state index in [2.05, 4.69) is 9.97 Å². The van der Waals surface area contributed by atoms with E-state index in [4.69, 9.17) is 10.2 Å². The molecule has 0 radical (unpaired) electrons. The first-order chi connectivity index (χ1) is 15.2. The zero-order valence-electron chi connectivity index (χ0n) is 16.1. The van der Waals surface area contributed by atoms with Gasteiger partial charge >= 0.3 is 5.69 Å². The summed E-state index contributed by atoms with van der Waals surface area (Å²) in [6.07, 6.45) is 4.90. The molecule has 0 amide bonds. The molecule has 146 valence electrons. The molecule has 0 aliphatic heterocycles. The monoisotopic (exact) mass is 403 g/mol. The zero-order valence-corrected chi connectivity index (χ0v) is 16.1. The fourth-order valence-electron chi connectivity index (χ4n) is 3.64. The molecule has 0 saturated carbocycles. The second-order valence-electron chi connectivity index (χ2n) is 6.82. The van der Waals surface area contributed by atoms with Crippen LogP contribution in [-0.2, 0) is 6.54 Å².